The first-order valence-electron chi connectivity index (χ1n) is 6.92. The average Bonchev–Trinajstić information content (AvgIpc) is 2.51. The minimum absolute atomic E-state index is 0.850. The van der Waals surface area contributed by atoms with E-state index in [4.69, 9.17) is 0 Å². The lowest BCUT2D eigenvalue weighted by Gasteiger charge is -2.02. The Balaban J connectivity index is 1.75. The molecule has 0 spiro atoms. The summed E-state index contributed by atoms with van der Waals surface area (Å²) in [6.07, 6.45) is 6.85. The van der Waals surface area contributed by atoms with Crippen LogP contribution in [0, 0.1) is 0 Å². The normalized spacial score (nSPS) is 10.5. The number of aromatic nitrogens is 2. The second-order valence-electron chi connectivity index (χ2n) is 5.01. The van der Waals surface area contributed by atoms with E-state index in [1.807, 2.05) is 18.5 Å². The summed E-state index contributed by atoms with van der Waals surface area (Å²) in [4.78, 5) is 4.47. The molecule has 0 aliphatic carbocycles. The second-order valence-corrected chi connectivity index (χ2v) is 5.92. The molecule has 104 valence electrons. The maximum Gasteiger partial charge on any atom is 0.191 e. The third-order valence-corrected chi connectivity index (χ3v) is 3.85. The Morgan fingerprint density at radius 3 is 2.43 bits per heavy atom. The summed E-state index contributed by atoms with van der Waals surface area (Å²) in [6, 6.07) is 18.8. The standard InChI is InChI=1S/C18H16BrN2/c19-17-8-6-15(7-9-17)12-18-14-21(11-10-20-18)13-16-4-2-1-3-5-16/h1-11,14H,12-13H2/q+1. The molecule has 0 saturated heterocycles. The van der Waals surface area contributed by atoms with Crippen LogP contribution in [-0.4, -0.2) is 4.98 Å². The van der Waals surface area contributed by atoms with Crippen molar-refractivity contribution in [1.82, 2.24) is 4.98 Å². The van der Waals surface area contributed by atoms with Crippen molar-refractivity contribution in [1.29, 1.82) is 0 Å². The molecule has 1 heterocycles. The highest BCUT2D eigenvalue weighted by Crippen LogP contribution is 2.12. The Labute approximate surface area is 133 Å². The van der Waals surface area contributed by atoms with Gasteiger partial charge in [0.2, 0.25) is 0 Å². The smallest absolute Gasteiger partial charge is 0.191 e. The van der Waals surface area contributed by atoms with Crippen LogP contribution in [0.25, 0.3) is 0 Å². The number of rotatable bonds is 4. The largest absolute Gasteiger partial charge is 0.248 e. The third-order valence-electron chi connectivity index (χ3n) is 3.32. The highest BCUT2D eigenvalue weighted by Gasteiger charge is 2.06. The summed E-state index contributed by atoms with van der Waals surface area (Å²) >= 11 is 3.46. The Bertz CT molecular complexity index is 709. The van der Waals surface area contributed by atoms with E-state index in [-0.39, 0.29) is 0 Å². The molecule has 0 bridgehead atoms. The molecule has 0 aliphatic heterocycles. The molecule has 0 atom stereocenters. The van der Waals surface area contributed by atoms with Gasteiger partial charge in [0.15, 0.2) is 18.9 Å². The summed E-state index contributed by atoms with van der Waals surface area (Å²) in [6.45, 7) is 0.872. The van der Waals surface area contributed by atoms with Gasteiger partial charge in [0.1, 0.15) is 5.69 Å². The molecule has 0 saturated carbocycles. The van der Waals surface area contributed by atoms with Crippen molar-refractivity contribution < 1.29 is 4.57 Å². The molecule has 3 aromatic rings. The van der Waals surface area contributed by atoms with Gasteiger partial charge in [-0.2, -0.15) is 4.57 Å². The van der Waals surface area contributed by atoms with Crippen molar-refractivity contribution in [3.05, 3.63) is 94.5 Å². The van der Waals surface area contributed by atoms with Crippen molar-refractivity contribution in [2.24, 2.45) is 0 Å². The molecule has 2 aromatic carbocycles. The molecule has 0 amide bonds. The van der Waals surface area contributed by atoms with E-state index in [0.717, 1.165) is 23.1 Å². The van der Waals surface area contributed by atoms with E-state index in [0.29, 0.717) is 0 Å². The zero-order valence-electron chi connectivity index (χ0n) is 11.6. The molecule has 0 N–H and O–H groups in total. The van der Waals surface area contributed by atoms with Gasteiger partial charge < -0.3 is 0 Å². The molecule has 3 heteroatoms. The predicted octanol–water partition coefficient (Wildman–Crippen LogP) is 3.77. The fourth-order valence-electron chi connectivity index (χ4n) is 2.28. The number of hydrogen-bond acceptors (Lipinski definition) is 1. The molecule has 21 heavy (non-hydrogen) atoms. The first kappa shape index (κ1) is 14.0. The Morgan fingerprint density at radius 1 is 0.905 bits per heavy atom. The summed E-state index contributed by atoms with van der Waals surface area (Å²) in [5, 5.41) is 0. The van der Waals surface area contributed by atoms with Gasteiger partial charge in [-0.1, -0.05) is 58.4 Å². The summed E-state index contributed by atoms with van der Waals surface area (Å²) in [7, 11) is 0. The van der Waals surface area contributed by atoms with Crippen LogP contribution in [0.15, 0.2) is 77.7 Å². The van der Waals surface area contributed by atoms with Crippen molar-refractivity contribution in [2.45, 2.75) is 13.0 Å². The Kier molecular flexibility index (Phi) is 4.41. The fraction of sp³-hybridized carbons (Fsp3) is 0.111. The van der Waals surface area contributed by atoms with Crippen molar-refractivity contribution >= 4 is 15.9 Å². The number of nitrogens with zero attached hydrogens (tertiary/aromatic N) is 2. The Morgan fingerprint density at radius 2 is 1.67 bits per heavy atom. The van der Waals surface area contributed by atoms with Crippen molar-refractivity contribution in [2.75, 3.05) is 0 Å². The lowest BCUT2D eigenvalue weighted by atomic mass is 10.1. The fourth-order valence-corrected chi connectivity index (χ4v) is 2.54. The second kappa shape index (κ2) is 6.64. The SMILES string of the molecule is Brc1ccc(Cc2c[n+](Cc3ccccc3)ccn2)cc1. The van der Waals surface area contributed by atoms with Crippen LogP contribution < -0.4 is 4.57 Å². The van der Waals surface area contributed by atoms with Gasteiger partial charge in [-0.25, -0.2) is 4.98 Å². The zero-order chi connectivity index (χ0) is 14.5. The van der Waals surface area contributed by atoms with Gasteiger partial charge in [-0.15, -0.1) is 0 Å². The number of hydrogen-bond donors (Lipinski definition) is 0. The van der Waals surface area contributed by atoms with Crippen LogP contribution >= 0.6 is 15.9 Å². The van der Waals surface area contributed by atoms with E-state index in [1.165, 1.54) is 11.1 Å². The molecule has 3 rings (SSSR count). The molecule has 0 aliphatic rings. The minimum atomic E-state index is 0.850. The van der Waals surface area contributed by atoms with Gasteiger partial charge in [-0.3, -0.25) is 0 Å². The highest BCUT2D eigenvalue weighted by atomic mass is 79.9. The van der Waals surface area contributed by atoms with Crippen LogP contribution in [-0.2, 0) is 13.0 Å². The van der Waals surface area contributed by atoms with Gasteiger partial charge in [0.25, 0.3) is 0 Å². The molecule has 0 unspecified atom stereocenters. The topological polar surface area (TPSA) is 16.8 Å². The van der Waals surface area contributed by atoms with Crippen molar-refractivity contribution in [3.8, 4) is 0 Å². The quantitative estimate of drug-likeness (QED) is 0.661. The van der Waals surface area contributed by atoms with E-state index in [1.54, 1.807) is 0 Å². The lowest BCUT2D eigenvalue weighted by Crippen LogP contribution is -2.34. The van der Waals surface area contributed by atoms with E-state index >= 15 is 0 Å². The summed E-state index contributed by atoms with van der Waals surface area (Å²) in [5.74, 6) is 0. The predicted molar refractivity (Wildman–Crippen MR) is 86.9 cm³/mol. The van der Waals surface area contributed by atoms with E-state index < -0.39 is 0 Å². The van der Waals surface area contributed by atoms with Gasteiger partial charge in [0.05, 0.1) is 6.20 Å². The van der Waals surface area contributed by atoms with Gasteiger partial charge in [0, 0.05) is 16.5 Å². The van der Waals surface area contributed by atoms with Crippen LogP contribution in [0.2, 0.25) is 0 Å². The van der Waals surface area contributed by atoms with Crippen molar-refractivity contribution in [3.63, 3.8) is 0 Å². The number of halogens is 1. The Hall–Kier alpha value is -2.00. The van der Waals surface area contributed by atoms with E-state index in [2.05, 4.69) is 80.2 Å². The first-order chi connectivity index (χ1) is 10.3. The third kappa shape index (κ3) is 3.99. The highest BCUT2D eigenvalue weighted by molar-refractivity contribution is 9.10. The van der Waals surface area contributed by atoms with E-state index in [9.17, 15) is 0 Å². The molecular weight excluding hydrogens is 324 g/mol. The lowest BCUT2D eigenvalue weighted by molar-refractivity contribution is -0.689. The summed E-state index contributed by atoms with van der Waals surface area (Å²) < 4.78 is 3.28. The van der Waals surface area contributed by atoms with Crippen LogP contribution in [0.3, 0.4) is 0 Å². The zero-order valence-corrected chi connectivity index (χ0v) is 13.2. The molecule has 0 fully saturated rings. The number of benzene rings is 2. The minimum Gasteiger partial charge on any atom is -0.248 e. The molecule has 0 radical (unpaired) electrons. The monoisotopic (exact) mass is 339 g/mol. The maximum atomic E-state index is 4.47. The average molecular weight is 340 g/mol. The van der Waals surface area contributed by atoms with Crippen LogP contribution in [0.1, 0.15) is 16.8 Å². The van der Waals surface area contributed by atoms with Gasteiger partial charge in [-0.05, 0) is 17.7 Å². The van der Waals surface area contributed by atoms with Crippen LogP contribution in [0.5, 0.6) is 0 Å². The molecular formula is C18H16BrN2+. The molecule has 2 nitrogen and oxygen atoms in total. The maximum absolute atomic E-state index is 4.47. The summed E-state index contributed by atoms with van der Waals surface area (Å²) in [5.41, 5.74) is 3.64. The van der Waals surface area contributed by atoms with Crippen LogP contribution in [0.4, 0.5) is 0 Å². The van der Waals surface area contributed by atoms with Gasteiger partial charge >= 0.3 is 0 Å². The first-order valence-corrected chi connectivity index (χ1v) is 7.71. The molecule has 1 aromatic heterocycles.